The van der Waals surface area contributed by atoms with Gasteiger partial charge in [-0.2, -0.15) is 0 Å². The van der Waals surface area contributed by atoms with E-state index in [2.05, 4.69) is 34.3 Å². The molecule has 1 aromatic rings. The van der Waals surface area contributed by atoms with Crippen molar-refractivity contribution in [2.75, 3.05) is 31.6 Å². The third kappa shape index (κ3) is 3.30. The summed E-state index contributed by atoms with van der Waals surface area (Å²) in [6, 6.07) is 0. The monoisotopic (exact) mass is 251 g/mol. The molecule has 17 heavy (non-hydrogen) atoms. The minimum Gasteiger partial charge on any atom is -0.348 e. The fourth-order valence-electron chi connectivity index (χ4n) is 2.05. The van der Waals surface area contributed by atoms with Gasteiger partial charge >= 0.3 is 0 Å². The van der Waals surface area contributed by atoms with Gasteiger partial charge in [-0.1, -0.05) is 17.4 Å². The molecule has 2 rings (SSSR count). The van der Waals surface area contributed by atoms with Crippen molar-refractivity contribution in [1.29, 1.82) is 0 Å². The molecule has 0 aromatic carbocycles. The van der Waals surface area contributed by atoms with Crippen LogP contribution in [0.4, 0.5) is 5.13 Å². The number of anilines is 1. The summed E-state index contributed by atoms with van der Waals surface area (Å²) >= 11 is 1.82. The van der Waals surface area contributed by atoms with Gasteiger partial charge in [0.15, 0.2) is 5.13 Å². The first kappa shape index (κ1) is 12.6. The van der Waals surface area contributed by atoms with Gasteiger partial charge < -0.3 is 10.2 Å². The predicted molar refractivity (Wildman–Crippen MR) is 75.9 cm³/mol. The molecule has 1 aliphatic rings. The Morgan fingerprint density at radius 2 is 2.12 bits per heavy atom. The maximum absolute atomic E-state index is 4.69. The van der Waals surface area contributed by atoms with E-state index in [1.54, 1.807) is 0 Å². The van der Waals surface area contributed by atoms with Gasteiger partial charge in [0.1, 0.15) is 0 Å². The first-order chi connectivity index (χ1) is 8.31. The van der Waals surface area contributed by atoms with Crippen LogP contribution < -0.4 is 10.2 Å². The van der Waals surface area contributed by atoms with Crippen LogP contribution in [0, 0.1) is 6.92 Å². The number of thiazole rings is 1. The SMILES string of the molecule is CNCC=Cc1sc(N2CCCCC2)nc1C. The zero-order chi connectivity index (χ0) is 12.1. The average molecular weight is 251 g/mol. The van der Waals surface area contributed by atoms with Crippen LogP contribution in [0.5, 0.6) is 0 Å². The Morgan fingerprint density at radius 3 is 2.82 bits per heavy atom. The third-order valence-electron chi connectivity index (χ3n) is 3.04. The Morgan fingerprint density at radius 1 is 1.35 bits per heavy atom. The number of hydrogen-bond donors (Lipinski definition) is 1. The number of hydrogen-bond acceptors (Lipinski definition) is 4. The lowest BCUT2D eigenvalue weighted by atomic mass is 10.1. The Labute approximate surface area is 108 Å². The number of nitrogens with zero attached hydrogens (tertiary/aromatic N) is 2. The predicted octanol–water partition coefficient (Wildman–Crippen LogP) is 2.67. The number of piperidine rings is 1. The molecule has 1 fully saturated rings. The molecule has 2 heterocycles. The van der Waals surface area contributed by atoms with Crippen molar-refractivity contribution in [3.8, 4) is 0 Å². The van der Waals surface area contributed by atoms with Crippen molar-refractivity contribution in [3.63, 3.8) is 0 Å². The van der Waals surface area contributed by atoms with Gasteiger partial charge in [0.2, 0.25) is 0 Å². The molecule has 0 amide bonds. The second kappa shape index (κ2) is 6.17. The molecular formula is C13H21N3S. The van der Waals surface area contributed by atoms with Crippen LogP contribution in [0.15, 0.2) is 6.08 Å². The molecule has 1 saturated heterocycles. The molecule has 0 radical (unpaired) electrons. The molecule has 94 valence electrons. The maximum atomic E-state index is 4.69. The minimum atomic E-state index is 0.913. The lowest BCUT2D eigenvalue weighted by Crippen LogP contribution is -2.29. The van der Waals surface area contributed by atoms with Gasteiger partial charge in [-0.3, -0.25) is 0 Å². The summed E-state index contributed by atoms with van der Waals surface area (Å²) in [7, 11) is 1.96. The molecule has 0 spiro atoms. The Kier molecular flexibility index (Phi) is 4.57. The largest absolute Gasteiger partial charge is 0.348 e. The van der Waals surface area contributed by atoms with Gasteiger partial charge in [-0.05, 0) is 39.3 Å². The second-order valence-corrected chi connectivity index (χ2v) is 5.46. The van der Waals surface area contributed by atoms with Crippen LogP contribution in [0.1, 0.15) is 29.8 Å². The highest BCUT2D eigenvalue weighted by Gasteiger charge is 2.15. The first-order valence-corrected chi connectivity index (χ1v) is 7.16. The van der Waals surface area contributed by atoms with Crippen molar-refractivity contribution in [3.05, 3.63) is 16.6 Å². The van der Waals surface area contributed by atoms with Gasteiger partial charge in [0.05, 0.1) is 10.6 Å². The lowest BCUT2D eigenvalue weighted by Gasteiger charge is -2.25. The van der Waals surface area contributed by atoms with Crippen molar-refractivity contribution in [1.82, 2.24) is 10.3 Å². The summed E-state index contributed by atoms with van der Waals surface area (Å²) in [6.07, 6.45) is 8.32. The van der Waals surface area contributed by atoms with Gasteiger partial charge in [-0.15, -0.1) is 0 Å². The molecule has 0 atom stereocenters. The van der Waals surface area contributed by atoms with Crippen molar-refractivity contribution >= 4 is 22.5 Å². The van der Waals surface area contributed by atoms with Crippen molar-refractivity contribution < 1.29 is 0 Å². The number of likely N-dealkylation sites (N-methyl/N-ethyl adjacent to an activating group) is 1. The minimum absolute atomic E-state index is 0.913. The van der Waals surface area contributed by atoms with Crippen LogP contribution in [-0.2, 0) is 0 Å². The van der Waals surface area contributed by atoms with E-state index in [-0.39, 0.29) is 0 Å². The number of nitrogens with one attached hydrogen (secondary N) is 1. The normalized spacial score (nSPS) is 16.9. The number of aryl methyl sites for hydroxylation is 1. The summed E-state index contributed by atoms with van der Waals surface area (Å²) in [5, 5.41) is 4.31. The number of aromatic nitrogens is 1. The zero-order valence-electron chi connectivity index (χ0n) is 10.7. The summed E-state index contributed by atoms with van der Waals surface area (Å²) in [4.78, 5) is 8.41. The van der Waals surface area contributed by atoms with Crippen molar-refractivity contribution in [2.24, 2.45) is 0 Å². The average Bonchev–Trinajstić information content (AvgIpc) is 2.73. The fourth-order valence-corrected chi connectivity index (χ4v) is 3.10. The summed E-state index contributed by atoms with van der Waals surface area (Å²) in [5.41, 5.74) is 1.16. The standard InChI is InChI=1S/C13H21N3S/c1-11-12(7-6-8-14-2)17-13(15-11)16-9-4-3-5-10-16/h6-7,14H,3-5,8-10H2,1-2H3. The van der Waals surface area contributed by atoms with E-state index in [0.29, 0.717) is 0 Å². The van der Waals surface area contributed by atoms with Crippen LogP contribution >= 0.6 is 11.3 Å². The molecule has 1 aliphatic heterocycles. The third-order valence-corrected chi connectivity index (χ3v) is 4.22. The lowest BCUT2D eigenvalue weighted by molar-refractivity contribution is 0.576. The Hall–Kier alpha value is -0.870. The topological polar surface area (TPSA) is 28.2 Å². The van der Waals surface area contributed by atoms with E-state index in [1.807, 2.05) is 18.4 Å². The molecular weight excluding hydrogens is 230 g/mol. The highest BCUT2D eigenvalue weighted by molar-refractivity contribution is 7.16. The molecule has 0 unspecified atom stereocenters. The smallest absolute Gasteiger partial charge is 0.186 e. The van der Waals surface area contributed by atoms with Crippen LogP contribution in [0.25, 0.3) is 6.08 Å². The molecule has 0 bridgehead atoms. The van der Waals surface area contributed by atoms with E-state index in [4.69, 9.17) is 0 Å². The molecule has 1 N–H and O–H groups in total. The van der Waals surface area contributed by atoms with E-state index < -0.39 is 0 Å². The molecule has 0 saturated carbocycles. The van der Waals surface area contributed by atoms with Gasteiger partial charge in [-0.25, -0.2) is 4.98 Å². The van der Waals surface area contributed by atoms with Crippen molar-refractivity contribution in [2.45, 2.75) is 26.2 Å². The zero-order valence-corrected chi connectivity index (χ0v) is 11.5. The van der Waals surface area contributed by atoms with Crippen LogP contribution in [0.2, 0.25) is 0 Å². The van der Waals surface area contributed by atoms with E-state index in [1.165, 1.54) is 42.4 Å². The summed E-state index contributed by atoms with van der Waals surface area (Å²) in [6.45, 7) is 5.36. The van der Waals surface area contributed by atoms with Gasteiger partial charge in [0.25, 0.3) is 0 Å². The van der Waals surface area contributed by atoms with Crippen LogP contribution in [0.3, 0.4) is 0 Å². The fraction of sp³-hybridized carbons (Fsp3) is 0.615. The molecule has 4 heteroatoms. The highest BCUT2D eigenvalue weighted by atomic mass is 32.1. The second-order valence-electron chi connectivity index (χ2n) is 4.45. The summed E-state index contributed by atoms with van der Waals surface area (Å²) in [5.74, 6) is 0. The van der Waals surface area contributed by atoms with E-state index in [9.17, 15) is 0 Å². The molecule has 3 nitrogen and oxygen atoms in total. The van der Waals surface area contributed by atoms with Crippen LogP contribution in [-0.4, -0.2) is 31.7 Å². The molecule has 1 aromatic heterocycles. The van der Waals surface area contributed by atoms with Gasteiger partial charge in [0, 0.05) is 19.6 Å². The first-order valence-electron chi connectivity index (χ1n) is 6.35. The maximum Gasteiger partial charge on any atom is 0.186 e. The van der Waals surface area contributed by atoms with E-state index in [0.717, 1.165) is 12.2 Å². The van der Waals surface area contributed by atoms with E-state index >= 15 is 0 Å². The molecule has 0 aliphatic carbocycles. The Bertz CT molecular complexity index is 378. The summed E-state index contributed by atoms with van der Waals surface area (Å²) < 4.78 is 0. The Balaban J connectivity index is 2.06. The number of rotatable bonds is 4. The quantitative estimate of drug-likeness (QED) is 0.892. The highest BCUT2D eigenvalue weighted by Crippen LogP contribution is 2.28.